The Labute approximate surface area is 435 Å². The highest BCUT2D eigenvalue weighted by Gasteiger charge is 2.32. The van der Waals surface area contributed by atoms with Crippen LogP contribution in [-0.4, -0.2) is 111 Å². The SMILES string of the molecule is O=C(NCc1ccc(S(=O)(=O)N2CCC(Nc3cccc(S(=O)(=O)CCO)c3)CC2)s1)c1ccc([N+](=O)[O-])cc1.O=C(NCc1ccc(S(=O)(=O)N2CCC(Nc3ccccc3)CC2)s1)c1ccc([N+](=O)[O-])cc1. The van der Waals surface area contributed by atoms with Gasteiger partial charge in [0, 0.05) is 94.8 Å². The molecule has 5 N–H and O–H groups in total. The van der Waals surface area contributed by atoms with E-state index in [9.17, 15) is 55.1 Å². The van der Waals surface area contributed by atoms with Gasteiger partial charge in [0.1, 0.15) is 8.42 Å². The molecule has 2 amide bonds. The lowest BCUT2D eigenvalue weighted by atomic mass is 10.1. The fourth-order valence-corrected chi connectivity index (χ4v) is 14.9. The largest absolute Gasteiger partial charge is 0.395 e. The Morgan fingerprint density at radius 1 is 0.568 bits per heavy atom. The van der Waals surface area contributed by atoms with Crippen molar-refractivity contribution in [2.24, 2.45) is 0 Å². The number of anilines is 2. The fourth-order valence-electron chi connectivity index (χ4n) is 7.95. The molecule has 0 spiro atoms. The number of nitrogens with one attached hydrogen (secondary N) is 4. The molecular formula is C48H52N8O13S5. The van der Waals surface area contributed by atoms with Crippen LogP contribution in [0.5, 0.6) is 0 Å². The molecule has 0 atom stereocenters. The van der Waals surface area contributed by atoms with Gasteiger partial charge in [0.05, 0.1) is 40.2 Å². The molecule has 2 aliphatic rings. The summed E-state index contributed by atoms with van der Waals surface area (Å²) in [6, 6.07) is 33.3. The Morgan fingerprint density at radius 3 is 1.41 bits per heavy atom. The van der Waals surface area contributed by atoms with Gasteiger partial charge in [-0.15, -0.1) is 22.7 Å². The maximum Gasteiger partial charge on any atom is 0.269 e. The van der Waals surface area contributed by atoms with Crippen molar-refractivity contribution >= 4 is 87.1 Å². The lowest BCUT2D eigenvalue weighted by Gasteiger charge is -2.31. The highest BCUT2D eigenvalue weighted by molar-refractivity contribution is 7.92. The van der Waals surface area contributed by atoms with Crippen LogP contribution in [0.2, 0.25) is 0 Å². The summed E-state index contributed by atoms with van der Waals surface area (Å²) in [5, 5.41) is 42.6. The van der Waals surface area contributed by atoms with Crippen LogP contribution in [0.1, 0.15) is 56.2 Å². The van der Waals surface area contributed by atoms with Gasteiger partial charge in [0.25, 0.3) is 43.2 Å². The quantitative estimate of drug-likeness (QED) is 0.0429. The van der Waals surface area contributed by atoms with Crippen molar-refractivity contribution in [3.63, 3.8) is 0 Å². The van der Waals surface area contributed by atoms with Crippen molar-refractivity contribution in [2.75, 3.05) is 49.2 Å². The highest BCUT2D eigenvalue weighted by Crippen LogP contribution is 2.30. The first-order valence-electron chi connectivity index (χ1n) is 23.1. The third kappa shape index (κ3) is 14.3. The van der Waals surface area contributed by atoms with Crippen LogP contribution in [0.3, 0.4) is 0 Å². The van der Waals surface area contributed by atoms with Crippen molar-refractivity contribution in [2.45, 2.75) is 64.2 Å². The topological polar surface area (TPSA) is 298 Å². The third-order valence-corrected chi connectivity index (χ3v) is 20.6. The van der Waals surface area contributed by atoms with Crippen molar-refractivity contribution in [3.05, 3.63) is 169 Å². The number of nitro benzene ring substituents is 2. The van der Waals surface area contributed by atoms with Gasteiger partial charge in [-0.05, 0) is 105 Å². The van der Waals surface area contributed by atoms with Gasteiger partial charge in [0.2, 0.25) is 0 Å². The van der Waals surface area contributed by atoms with E-state index >= 15 is 0 Å². The normalized spacial score (nSPS) is 15.0. The van der Waals surface area contributed by atoms with Gasteiger partial charge in [0.15, 0.2) is 9.84 Å². The smallest absolute Gasteiger partial charge is 0.269 e. The van der Waals surface area contributed by atoms with Crippen LogP contribution in [0.15, 0.2) is 141 Å². The van der Waals surface area contributed by atoms with Crippen LogP contribution in [0.25, 0.3) is 0 Å². The zero-order valence-corrected chi connectivity index (χ0v) is 43.5. The number of non-ortho nitro benzene ring substituents is 2. The van der Waals surface area contributed by atoms with Gasteiger partial charge in [-0.1, -0.05) is 24.3 Å². The zero-order valence-electron chi connectivity index (χ0n) is 39.4. The molecule has 74 heavy (non-hydrogen) atoms. The molecule has 2 saturated heterocycles. The minimum absolute atomic E-state index is 0.0456. The molecule has 26 heteroatoms. The van der Waals surface area contributed by atoms with Gasteiger partial charge < -0.3 is 26.4 Å². The first-order valence-corrected chi connectivity index (χ1v) is 29.2. The first kappa shape index (κ1) is 55.1. The average Bonchev–Trinajstić information content (AvgIpc) is 4.10. The second-order valence-corrected chi connectivity index (χ2v) is 25.8. The zero-order chi connectivity index (χ0) is 53.0. The molecule has 392 valence electrons. The number of carbonyl (C=O) groups is 2. The molecule has 0 radical (unpaired) electrons. The molecule has 2 aliphatic heterocycles. The molecule has 0 unspecified atom stereocenters. The van der Waals surface area contributed by atoms with Crippen molar-refractivity contribution in [1.29, 1.82) is 0 Å². The van der Waals surface area contributed by atoms with Crippen LogP contribution in [0, 0.1) is 20.2 Å². The van der Waals surface area contributed by atoms with Crippen molar-refractivity contribution in [3.8, 4) is 0 Å². The molecule has 0 aliphatic carbocycles. The number of piperidine rings is 2. The monoisotopic (exact) mass is 1110 g/mol. The molecule has 6 aromatic rings. The van der Waals surface area contributed by atoms with Crippen molar-refractivity contribution in [1.82, 2.24) is 19.2 Å². The lowest BCUT2D eigenvalue weighted by Crippen LogP contribution is -2.42. The number of thiophene rings is 2. The summed E-state index contributed by atoms with van der Waals surface area (Å²) in [7, 11) is -10.9. The molecule has 2 fully saturated rings. The number of aliphatic hydroxyl groups is 1. The molecule has 21 nitrogen and oxygen atoms in total. The van der Waals surface area contributed by atoms with E-state index in [1.807, 2.05) is 30.3 Å². The Morgan fingerprint density at radius 2 is 0.986 bits per heavy atom. The van der Waals surface area contributed by atoms with Gasteiger partial charge in [-0.3, -0.25) is 29.8 Å². The second kappa shape index (κ2) is 24.6. The number of rotatable bonds is 19. The van der Waals surface area contributed by atoms with Crippen molar-refractivity contribution < 1.29 is 49.8 Å². The highest BCUT2D eigenvalue weighted by atomic mass is 32.3. The number of sulfonamides is 2. The summed E-state index contributed by atoms with van der Waals surface area (Å²) in [5.41, 5.74) is 1.97. The molecule has 8 rings (SSSR count). The van der Waals surface area contributed by atoms with E-state index in [1.54, 1.807) is 30.3 Å². The molecule has 4 heterocycles. The van der Waals surface area contributed by atoms with E-state index in [-0.39, 0.29) is 80.2 Å². The minimum Gasteiger partial charge on any atom is -0.395 e. The molecule has 4 aromatic carbocycles. The number of amides is 2. The standard InChI is InChI=1S/C25H28N4O8S3.C23H24N4O5S2/c30-14-15-39(34,35)23-3-1-2-20(16-23)27-19-10-12-28(13-11-19)40(36,37)24-9-8-22(38-24)17-26-25(31)18-4-6-21(7-5-18)29(32)33;28-23(17-6-8-20(9-7-17)27(29)30)24-16-21-10-11-22(33-21)34(31,32)26-14-12-19(13-15-26)25-18-4-2-1-3-5-18/h1-9,16,19,27,30H,10-15,17H2,(H,26,31);1-11,19,25H,12-16H2,(H,24,28). The number of benzene rings is 4. The van der Waals surface area contributed by atoms with Crippen LogP contribution in [-0.2, 0) is 43.0 Å². The number of carbonyl (C=O) groups excluding carboxylic acids is 2. The summed E-state index contributed by atoms with van der Waals surface area (Å²) in [6.07, 6.45) is 2.49. The van der Waals surface area contributed by atoms with Crippen LogP contribution < -0.4 is 21.3 Å². The number of nitrogens with zero attached hydrogens (tertiary/aromatic N) is 4. The lowest BCUT2D eigenvalue weighted by molar-refractivity contribution is -0.385. The van der Waals surface area contributed by atoms with E-state index in [0.717, 1.165) is 41.2 Å². The van der Waals surface area contributed by atoms with E-state index in [1.165, 1.54) is 75.3 Å². The summed E-state index contributed by atoms with van der Waals surface area (Å²) >= 11 is 2.20. The minimum atomic E-state index is -3.73. The summed E-state index contributed by atoms with van der Waals surface area (Å²) in [6.45, 7) is 1.26. The van der Waals surface area contributed by atoms with E-state index in [4.69, 9.17) is 5.11 Å². The molecular weight excluding hydrogens is 1060 g/mol. The van der Waals surface area contributed by atoms with E-state index in [0.29, 0.717) is 46.9 Å². The first-order chi connectivity index (χ1) is 35.3. The fraction of sp³-hybridized carbons (Fsp3) is 0.292. The second-order valence-electron chi connectivity index (χ2n) is 17.0. The summed E-state index contributed by atoms with van der Waals surface area (Å²) < 4.78 is 80.4. The maximum atomic E-state index is 13.2. The Bertz CT molecular complexity index is 3270. The molecule has 0 bridgehead atoms. The Hall–Kier alpha value is -6.65. The van der Waals surface area contributed by atoms with E-state index in [2.05, 4.69) is 21.3 Å². The van der Waals surface area contributed by atoms with Gasteiger partial charge in [-0.25, -0.2) is 25.3 Å². The number of aliphatic hydroxyl groups excluding tert-OH is 1. The Kier molecular flexibility index (Phi) is 18.3. The number of hydrogen-bond acceptors (Lipinski definition) is 17. The number of nitro groups is 2. The van der Waals surface area contributed by atoms with Gasteiger partial charge in [-0.2, -0.15) is 8.61 Å². The molecule has 0 saturated carbocycles. The van der Waals surface area contributed by atoms with E-state index < -0.39 is 52.2 Å². The predicted molar refractivity (Wildman–Crippen MR) is 280 cm³/mol. The van der Waals surface area contributed by atoms with Crippen LogP contribution in [0.4, 0.5) is 22.7 Å². The number of sulfone groups is 1. The number of para-hydroxylation sites is 1. The summed E-state index contributed by atoms with van der Waals surface area (Å²) in [5.74, 6) is -1.18. The van der Waals surface area contributed by atoms with Crippen LogP contribution >= 0.6 is 22.7 Å². The van der Waals surface area contributed by atoms with Gasteiger partial charge >= 0.3 is 0 Å². The predicted octanol–water partition coefficient (Wildman–Crippen LogP) is 6.47. The maximum absolute atomic E-state index is 13.2. The Balaban J connectivity index is 0.000000219. The third-order valence-electron chi connectivity index (χ3n) is 12.0. The average molecular weight is 1110 g/mol. The summed E-state index contributed by atoms with van der Waals surface area (Å²) in [4.78, 5) is 46.5. The molecule has 2 aromatic heterocycles. The number of hydrogen-bond donors (Lipinski definition) is 5.